The predicted molar refractivity (Wildman–Crippen MR) is 136 cm³/mol. The molecule has 1 aliphatic rings. The lowest BCUT2D eigenvalue weighted by atomic mass is 9.95. The summed E-state index contributed by atoms with van der Waals surface area (Å²) in [4.78, 5) is 27.9. The lowest BCUT2D eigenvalue weighted by molar-refractivity contribution is -0.140. The standard InChI is InChI=1S/C28H35NO7/c1-6-33-20-11-9-19(10-12-20)25-24(27(31)28(32)29(25)15-16-36-18(4)5)26(30)22-14-13-21(34-7-2)17-23(22)35-8-3/h9-14,17-18,25,30H,6-8,15-16H2,1-5H3/b26-24-. The molecular weight excluding hydrogens is 462 g/mol. The van der Waals surface area contributed by atoms with E-state index in [1.54, 1.807) is 42.5 Å². The Bertz CT molecular complexity index is 1090. The second-order valence-corrected chi connectivity index (χ2v) is 8.44. The van der Waals surface area contributed by atoms with E-state index in [1.165, 1.54) is 4.90 Å². The highest BCUT2D eigenvalue weighted by molar-refractivity contribution is 6.46. The van der Waals surface area contributed by atoms with E-state index in [1.807, 2.05) is 34.6 Å². The molecule has 1 atom stereocenters. The molecule has 0 aliphatic carbocycles. The van der Waals surface area contributed by atoms with Gasteiger partial charge in [0.15, 0.2) is 0 Å². The number of nitrogens with zero attached hydrogens (tertiary/aromatic N) is 1. The van der Waals surface area contributed by atoms with Crippen molar-refractivity contribution in [2.45, 2.75) is 46.8 Å². The molecule has 1 aliphatic heterocycles. The second kappa shape index (κ2) is 12.4. The number of hydrogen-bond donors (Lipinski definition) is 1. The smallest absolute Gasteiger partial charge is 0.295 e. The molecular formula is C28H35NO7. The van der Waals surface area contributed by atoms with Crippen molar-refractivity contribution < 1.29 is 33.6 Å². The number of aliphatic hydroxyl groups excluding tert-OH is 1. The molecule has 1 fully saturated rings. The Hall–Kier alpha value is -3.52. The topological polar surface area (TPSA) is 94.5 Å². The minimum absolute atomic E-state index is 0.00109. The highest BCUT2D eigenvalue weighted by atomic mass is 16.5. The van der Waals surface area contributed by atoms with Crippen molar-refractivity contribution >= 4 is 17.4 Å². The monoisotopic (exact) mass is 497 g/mol. The number of aliphatic hydroxyl groups is 1. The lowest BCUT2D eigenvalue weighted by Crippen LogP contribution is -2.33. The fourth-order valence-electron chi connectivity index (χ4n) is 4.13. The van der Waals surface area contributed by atoms with Gasteiger partial charge in [0.05, 0.1) is 49.7 Å². The van der Waals surface area contributed by atoms with Crippen LogP contribution in [0.1, 0.15) is 51.8 Å². The van der Waals surface area contributed by atoms with Crippen molar-refractivity contribution in [1.29, 1.82) is 0 Å². The van der Waals surface area contributed by atoms with E-state index in [-0.39, 0.29) is 30.6 Å². The van der Waals surface area contributed by atoms with E-state index < -0.39 is 17.7 Å². The Morgan fingerprint density at radius 3 is 2.14 bits per heavy atom. The molecule has 2 aromatic rings. The van der Waals surface area contributed by atoms with Gasteiger partial charge in [-0.25, -0.2) is 0 Å². The average molecular weight is 498 g/mol. The quantitative estimate of drug-likeness (QED) is 0.257. The molecule has 36 heavy (non-hydrogen) atoms. The maximum absolute atomic E-state index is 13.3. The third kappa shape index (κ3) is 5.99. The van der Waals surface area contributed by atoms with Crippen molar-refractivity contribution in [3.8, 4) is 17.2 Å². The van der Waals surface area contributed by atoms with Gasteiger partial charge in [-0.2, -0.15) is 0 Å². The number of amides is 1. The molecule has 1 saturated heterocycles. The third-order valence-corrected chi connectivity index (χ3v) is 5.65. The van der Waals surface area contributed by atoms with Gasteiger partial charge >= 0.3 is 0 Å². The summed E-state index contributed by atoms with van der Waals surface area (Å²) in [7, 11) is 0. The number of ketones is 1. The largest absolute Gasteiger partial charge is 0.507 e. The fourth-order valence-corrected chi connectivity index (χ4v) is 4.13. The van der Waals surface area contributed by atoms with Crippen LogP contribution in [0.15, 0.2) is 48.0 Å². The number of carbonyl (C=O) groups is 2. The molecule has 8 heteroatoms. The minimum Gasteiger partial charge on any atom is -0.507 e. The van der Waals surface area contributed by atoms with Crippen LogP contribution in [0.5, 0.6) is 17.2 Å². The summed E-state index contributed by atoms with van der Waals surface area (Å²) in [5, 5.41) is 11.4. The Labute approximate surface area is 212 Å². The molecule has 194 valence electrons. The number of Topliss-reactive ketones (excluding diaryl/α,β-unsaturated/α-hetero) is 1. The van der Waals surface area contributed by atoms with Gasteiger partial charge < -0.3 is 29.0 Å². The van der Waals surface area contributed by atoms with Crippen molar-refractivity contribution in [3.63, 3.8) is 0 Å². The molecule has 1 N–H and O–H groups in total. The minimum atomic E-state index is -0.794. The van der Waals surface area contributed by atoms with Gasteiger partial charge in [-0.15, -0.1) is 0 Å². The number of ether oxygens (including phenoxy) is 4. The Morgan fingerprint density at radius 1 is 0.917 bits per heavy atom. The first-order chi connectivity index (χ1) is 17.3. The van der Waals surface area contributed by atoms with E-state index in [0.29, 0.717) is 48.2 Å². The zero-order valence-corrected chi connectivity index (χ0v) is 21.6. The van der Waals surface area contributed by atoms with Crippen molar-refractivity contribution in [3.05, 3.63) is 59.2 Å². The molecule has 0 spiro atoms. The molecule has 0 aromatic heterocycles. The first-order valence-electron chi connectivity index (χ1n) is 12.3. The summed E-state index contributed by atoms with van der Waals surface area (Å²) >= 11 is 0. The molecule has 1 unspecified atom stereocenters. The molecule has 2 aromatic carbocycles. The summed E-state index contributed by atoms with van der Waals surface area (Å²) in [6.45, 7) is 11.2. The van der Waals surface area contributed by atoms with Crippen molar-refractivity contribution in [2.24, 2.45) is 0 Å². The number of hydrogen-bond acceptors (Lipinski definition) is 7. The van der Waals surface area contributed by atoms with E-state index >= 15 is 0 Å². The first-order valence-corrected chi connectivity index (χ1v) is 12.3. The third-order valence-electron chi connectivity index (χ3n) is 5.65. The summed E-state index contributed by atoms with van der Waals surface area (Å²) < 4.78 is 22.5. The van der Waals surface area contributed by atoms with Gasteiger partial charge in [0, 0.05) is 12.6 Å². The predicted octanol–water partition coefficient (Wildman–Crippen LogP) is 4.73. The fraction of sp³-hybridized carbons (Fsp3) is 0.429. The maximum Gasteiger partial charge on any atom is 0.295 e. The van der Waals surface area contributed by atoms with Gasteiger partial charge in [0.2, 0.25) is 0 Å². The van der Waals surface area contributed by atoms with Crippen molar-refractivity contribution in [1.82, 2.24) is 4.90 Å². The van der Waals surface area contributed by atoms with Crippen LogP contribution in [-0.2, 0) is 14.3 Å². The second-order valence-electron chi connectivity index (χ2n) is 8.44. The van der Waals surface area contributed by atoms with Gasteiger partial charge in [0.25, 0.3) is 11.7 Å². The molecule has 0 bridgehead atoms. The highest BCUT2D eigenvalue weighted by Crippen LogP contribution is 2.41. The molecule has 0 saturated carbocycles. The van der Waals surface area contributed by atoms with E-state index in [0.717, 1.165) is 0 Å². The number of carbonyl (C=O) groups excluding carboxylic acids is 2. The highest BCUT2D eigenvalue weighted by Gasteiger charge is 2.46. The zero-order chi connectivity index (χ0) is 26.2. The van der Waals surface area contributed by atoms with Crippen LogP contribution in [0.2, 0.25) is 0 Å². The normalized spacial score (nSPS) is 17.1. The Morgan fingerprint density at radius 2 is 1.53 bits per heavy atom. The molecule has 3 rings (SSSR count). The summed E-state index contributed by atoms with van der Waals surface area (Å²) in [6.07, 6.45) is -0.0247. The molecule has 0 radical (unpaired) electrons. The van der Waals surface area contributed by atoms with Crippen LogP contribution >= 0.6 is 0 Å². The van der Waals surface area contributed by atoms with Crippen LogP contribution in [0.3, 0.4) is 0 Å². The van der Waals surface area contributed by atoms with Gasteiger partial charge in [-0.1, -0.05) is 12.1 Å². The average Bonchev–Trinajstić information content (AvgIpc) is 3.10. The first kappa shape index (κ1) is 27.1. The summed E-state index contributed by atoms with van der Waals surface area (Å²) in [5.41, 5.74) is 0.985. The molecule has 1 heterocycles. The molecule has 8 nitrogen and oxygen atoms in total. The zero-order valence-electron chi connectivity index (χ0n) is 21.6. The Balaban J connectivity index is 2.12. The van der Waals surface area contributed by atoms with Crippen LogP contribution < -0.4 is 14.2 Å². The number of likely N-dealkylation sites (tertiary alicyclic amines) is 1. The van der Waals surface area contributed by atoms with Crippen LogP contribution in [0.4, 0.5) is 0 Å². The summed E-state index contributed by atoms with van der Waals surface area (Å²) in [6, 6.07) is 11.4. The van der Waals surface area contributed by atoms with E-state index in [4.69, 9.17) is 18.9 Å². The maximum atomic E-state index is 13.3. The SMILES string of the molecule is CCOc1ccc(C2/C(=C(/O)c3ccc(OCC)cc3OCC)C(=O)C(=O)N2CCOC(C)C)cc1. The number of rotatable bonds is 12. The number of benzene rings is 2. The van der Waals surface area contributed by atoms with Gasteiger partial charge in [-0.3, -0.25) is 9.59 Å². The van der Waals surface area contributed by atoms with Crippen LogP contribution in [0.25, 0.3) is 5.76 Å². The van der Waals surface area contributed by atoms with Crippen LogP contribution in [0, 0.1) is 0 Å². The van der Waals surface area contributed by atoms with Gasteiger partial charge in [-0.05, 0) is 64.4 Å². The lowest BCUT2D eigenvalue weighted by Gasteiger charge is -2.26. The van der Waals surface area contributed by atoms with Gasteiger partial charge in [0.1, 0.15) is 23.0 Å². The van der Waals surface area contributed by atoms with E-state index in [9.17, 15) is 14.7 Å². The Kier molecular flexibility index (Phi) is 9.36. The van der Waals surface area contributed by atoms with Crippen molar-refractivity contribution in [2.75, 3.05) is 33.0 Å². The van der Waals surface area contributed by atoms with Crippen LogP contribution in [-0.4, -0.2) is 60.8 Å². The van der Waals surface area contributed by atoms with E-state index in [2.05, 4.69) is 0 Å². The molecule has 1 amide bonds. The summed E-state index contributed by atoms with van der Waals surface area (Å²) in [5.74, 6) is -0.135.